The molecule has 1 saturated heterocycles. The molecule has 0 radical (unpaired) electrons. The van der Waals surface area contributed by atoms with E-state index >= 15 is 0 Å². The molecule has 1 amide bonds. The maximum absolute atomic E-state index is 12.4. The van der Waals surface area contributed by atoms with Crippen molar-refractivity contribution < 1.29 is 17.9 Å². The number of nitrogens with one attached hydrogen (secondary N) is 1. The summed E-state index contributed by atoms with van der Waals surface area (Å²) in [5, 5.41) is -0.860. The van der Waals surface area contributed by atoms with E-state index in [2.05, 4.69) is 14.7 Å². The van der Waals surface area contributed by atoms with Crippen LogP contribution in [0.15, 0.2) is 42.7 Å². The zero-order chi connectivity index (χ0) is 18.6. The predicted molar refractivity (Wildman–Crippen MR) is 96.3 cm³/mol. The van der Waals surface area contributed by atoms with Gasteiger partial charge in [0, 0.05) is 25.5 Å². The Hall–Kier alpha value is -2.52. The maximum Gasteiger partial charge on any atom is 0.267 e. The summed E-state index contributed by atoms with van der Waals surface area (Å²) in [7, 11) is -3.87. The molecule has 0 spiro atoms. The van der Waals surface area contributed by atoms with Crippen molar-refractivity contribution >= 4 is 21.9 Å². The Labute approximate surface area is 152 Å². The normalized spacial score (nSPS) is 16.1. The van der Waals surface area contributed by atoms with Crippen LogP contribution in [0.3, 0.4) is 0 Å². The van der Waals surface area contributed by atoms with E-state index in [9.17, 15) is 13.2 Å². The molecule has 2 heterocycles. The third kappa shape index (κ3) is 4.17. The lowest BCUT2D eigenvalue weighted by atomic mass is 10.2. The molecule has 1 unspecified atom stereocenters. The Morgan fingerprint density at radius 1 is 1.15 bits per heavy atom. The molecular weight excluding hydrogens is 356 g/mol. The first-order chi connectivity index (χ1) is 12.5. The van der Waals surface area contributed by atoms with Crippen LogP contribution in [-0.2, 0) is 14.8 Å². The summed E-state index contributed by atoms with van der Waals surface area (Å²) in [6, 6.07) is 8.71. The molecule has 1 atom stereocenters. The number of ether oxygens (including phenoxy) is 1. The summed E-state index contributed by atoms with van der Waals surface area (Å²) in [6.07, 6.45) is 2.66. The molecule has 0 saturated carbocycles. The molecule has 1 aromatic heterocycles. The fraction of sp³-hybridized carbons (Fsp3) is 0.353. The van der Waals surface area contributed by atoms with Crippen molar-refractivity contribution in [3.63, 3.8) is 0 Å². The summed E-state index contributed by atoms with van der Waals surface area (Å²) in [5.41, 5.74) is 0.692. The number of carbonyl (C=O) groups excluding carboxylic acids is 1. The van der Waals surface area contributed by atoms with Crippen LogP contribution in [0, 0.1) is 0 Å². The molecule has 26 heavy (non-hydrogen) atoms. The Morgan fingerprint density at radius 2 is 1.77 bits per heavy atom. The summed E-state index contributed by atoms with van der Waals surface area (Å²) in [6.45, 7) is 4.08. The number of benzene rings is 1. The van der Waals surface area contributed by atoms with Gasteiger partial charge in [-0.25, -0.2) is 23.1 Å². The minimum atomic E-state index is -3.87. The number of amides is 1. The first-order valence-corrected chi connectivity index (χ1v) is 9.77. The van der Waals surface area contributed by atoms with Crippen molar-refractivity contribution in [1.82, 2.24) is 14.7 Å². The summed E-state index contributed by atoms with van der Waals surface area (Å²) >= 11 is 0. The number of rotatable bonds is 5. The smallest absolute Gasteiger partial charge is 0.267 e. The van der Waals surface area contributed by atoms with E-state index in [0.717, 1.165) is 0 Å². The minimum absolute atomic E-state index is 0.0887. The van der Waals surface area contributed by atoms with Crippen LogP contribution in [0.5, 0.6) is 0 Å². The number of hydrogen-bond donors (Lipinski definition) is 1. The summed E-state index contributed by atoms with van der Waals surface area (Å²) in [4.78, 5) is 22.5. The van der Waals surface area contributed by atoms with Gasteiger partial charge in [-0.15, -0.1) is 0 Å². The van der Waals surface area contributed by atoms with Crippen molar-refractivity contribution in [3.8, 4) is 0 Å². The van der Waals surface area contributed by atoms with E-state index in [-0.39, 0.29) is 5.56 Å². The maximum atomic E-state index is 12.4. The van der Waals surface area contributed by atoms with Gasteiger partial charge in [-0.05, 0) is 12.5 Å². The van der Waals surface area contributed by atoms with Crippen molar-refractivity contribution in [1.29, 1.82) is 0 Å². The third-order valence-corrected chi connectivity index (χ3v) is 5.84. The van der Waals surface area contributed by atoms with E-state index in [1.165, 1.54) is 19.3 Å². The molecule has 0 bridgehead atoms. The molecule has 9 heteroatoms. The molecule has 1 fully saturated rings. The Kier molecular flexibility index (Phi) is 5.48. The zero-order valence-electron chi connectivity index (χ0n) is 14.3. The molecule has 1 aromatic carbocycles. The highest BCUT2D eigenvalue weighted by molar-refractivity contribution is 7.90. The third-order valence-electron chi connectivity index (χ3n) is 4.16. The molecule has 1 N–H and O–H groups in total. The number of aromatic nitrogens is 2. The summed E-state index contributed by atoms with van der Waals surface area (Å²) in [5.74, 6) is -0.258. The van der Waals surface area contributed by atoms with Gasteiger partial charge in [0.15, 0.2) is 0 Å². The molecule has 8 nitrogen and oxygen atoms in total. The van der Waals surface area contributed by atoms with Crippen LogP contribution < -0.4 is 9.62 Å². The highest BCUT2D eigenvalue weighted by Gasteiger charge is 2.25. The van der Waals surface area contributed by atoms with Gasteiger partial charge in [-0.3, -0.25) is 4.79 Å². The van der Waals surface area contributed by atoms with E-state index in [0.29, 0.717) is 37.8 Å². The van der Waals surface area contributed by atoms with Crippen molar-refractivity contribution in [3.05, 3.63) is 53.9 Å². The lowest BCUT2D eigenvalue weighted by Gasteiger charge is -2.26. The fourth-order valence-electron chi connectivity index (χ4n) is 2.54. The minimum Gasteiger partial charge on any atom is -0.378 e. The molecular formula is C17H20N4O4S. The second-order valence-corrected chi connectivity index (χ2v) is 7.90. The van der Waals surface area contributed by atoms with Crippen LogP contribution in [0.25, 0.3) is 0 Å². The average molecular weight is 376 g/mol. The fourth-order valence-corrected chi connectivity index (χ4v) is 3.61. The topological polar surface area (TPSA) is 101 Å². The lowest BCUT2D eigenvalue weighted by molar-refractivity contribution is 0.0980. The molecule has 0 aliphatic carbocycles. The second-order valence-electron chi connectivity index (χ2n) is 5.90. The largest absolute Gasteiger partial charge is 0.378 e. The van der Waals surface area contributed by atoms with Crippen LogP contribution in [0.1, 0.15) is 28.1 Å². The van der Waals surface area contributed by atoms with Crippen molar-refractivity contribution in [2.75, 3.05) is 31.2 Å². The number of morpholine rings is 1. The lowest BCUT2D eigenvalue weighted by Crippen LogP contribution is -2.37. The standard InChI is InChI=1S/C17H20N4O4S/c1-13(14-5-3-2-4-6-14)26(23,24)20-16(22)15-11-18-17(19-12-15)21-7-9-25-10-8-21/h2-6,11-13H,7-10H2,1H3,(H,20,22). The van der Waals surface area contributed by atoms with E-state index in [1.54, 1.807) is 30.3 Å². The SMILES string of the molecule is CC(c1ccccc1)S(=O)(=O)NC(=O)c1cnc(N2CCOCC2)nc1. The number of nitrogens with zero attached hydrogens (tertiary/aromatic N) is 3. The first-order valence-electron chi connectivity index (χ1n) is 8.23. The quantitative estimate of drug-likeness (QED) is 0.835. The van der Waals surface area contributed by atoms with Crippen LogP contribution in [0.4, 0.5) is 5.95 Å². The Bertz CT molecular complexity index is 850. The first kappa shape index (κ1) is 18.3. The van der Waals surface area contributed by atoms with Gasteiger partial charge in [0.1, 0.15) is 5.25 Å². The number of sulfonamides is 1. The highest BCUT2D eigenvalue weighted by atomic mass is 32.2. The summed E-state index contributed by atoms with van der Waals surface area (Å²) < 4.78 is 32.2. The van der Waals surface area contributed by atoms with Crippen LogP contribution in [-0.4, -0.2) is 50.6 Å². The van der Waals surface area contributed by atoms with E-state index in [4.69, 9.17) is 4.74 Å². The van der Waals surface area contributed by atoms with Crippen LogP contribution in [0.2, 0.25) is 0 Å². The van der Waals surface area contributed by atoms with Gasteiger partial charge < -0.3 is 9.64 Å². The molecule has 138 valence electrons. The van der Waals surface area contributed by atoms with E-state index in [1.807, 2.05) is 4.90 Å². The number of hydrogen-bond acceptors (Lipinski definition) is 7. The van der Waals surface area contributed by atoms with Crippen molar-refractivity contribution in [2.24, 2.45) is 0 Å². The van der Waals surface area contributed by atoms with Gasteiger partial charge in [-0.1, -0.05) is 30.3 Å². The monoisotopic (exact) mass is 376 g/mol. The van der Waals surface area contributed by atoms with Gasteiger partial charge in [0.05, 0.1) is 18.8 Å². The zero-order valence-corrected chi connectivity index (χ0v) is 15.1. The Balaban J connectivity index is 1.69. The number of anilines is 1. The molecule has 1 aliphatic rings. The Morgan fingerprint density at radius 3 is 2.38 bits per heavy atom. The van der Waals surface area contributed by atoms with Gasteiger partial charge in [0.25, 0.3) is 5.91 Å². The second kappa shape index (κ2) is 7.79. The van der Waals surface area contributed by atoms with Gasteiger partial charge in [0.2, 0.25) is 16.0 Å². The van der Waals surface area contributed by atoms with Gasteiger partial charge >= 0.3 is 0 Å². The highest BCUT2D eigenvalue weighted by Crippen LogP contribution is 2.20. The van der Waals surface area contributed by atoms with Crippen LogP contribution >= 0.6 is 0 Å². The van der Waals surface area contributed by atoms with Gasteiger partial charge in [-0.2, -0.15) is 0 Å². The number of carbonyl (C=O) groups is 1. The predicted octanol–water partition coefficient (Wildman–Crippen LogP) is 1.13. The molecule has 2 aromatic rings. The van der Waals surface area contributed by atoms with Crippen molar-refractivity contribution in [2.45, 2.75) is 12.2 Å². The molecule has 1 aliphatic heterocycles. The molecule has 3 rings (SSSR count). The average Bonchev–Trinajstić information content (AvgIpc) is 2.68. The van der Waals surface area contributed by atoms with E-state index < -0.39 is 21.2 Å².